The third kappa shape index (κ3) is 6.23. The van der Waals surface area contributed by atoms with Crippen molar-refractivity contribution in [3.05, 3.63) is 33.1 Å². The monoisotopic (exact) mass is 525 g/mol. The lowest BCUT2D eigenvalue weighted by Gasteiger charge is -2.46. The van der Waals surface area contributed by atoms with Gasteiger partial charge in [0.25, 0.3) is 5.56 Å². The molecule has 1 saturated heterocycles. The van der Waals surface area contributed by atoms with Crippen molar-refractivity contribution in [2.45, 2.75) is 149 Å². The average Bonchev–Trinajstić information content (AvgIpc) is 3.07. The first-order chi connectivity index (χ1) is 16.7. The third-order valence-corrected chi connectivity index (χ3v) is 13.9. The van der Waals surface area contributed by atoms with Crippen LogP contribution in [-0.4, -0.2) is 59.4 Å². The van der Waals surface area contributed by atoms with Crippen LogP contribution >= 0.6 is 0 Å². The molecule has 0 saturated carbocycles. The number of H-pyrrole nitrogens is 1. The van der Waals surface area contributed by atoms with E-state index in [2.05, 4.69) is 93.0 Å². The van der Waals surface area contributed by atoms with Crippen molar-refractivity contribution in [1.82, 2.24) is 14.5 Å². The molecule has 2 heterocycles. The maximum atomic E-state index is 12.9. The van der Waals surface area contributed by atoms with Crippen LogP contribution in [0, 0.1) is 0 Å². The Kier molecular flexibility index (Phi) is 10.8. The van der Waals surface area contributed by atoms with Crippen molar-refractivity contribution in [2.75, 3.05) is 0 Å². The van der Waals surface area contributed by atoms with Crippen molar-refractivity contribution in [1.29, 1.82) is 0 Å². The van der Waals surface area contributed by atoms with E-state index in [1.54, 1.807) is 0 Å². The van der Waals surface area contributed by atoms with Crippen molar-refractivity contribution in [2.24, 2.45) is 0 Å². The zero-order valence-electron chi connectivity index (χ0n) is 24.6. The Morgan fingerprint density at radius 2 is 1.47 bits per heavy atom. The number of aromatic nitrogens is 2. The second-order valence-electron chi connectivity index (χ2n) is 11.7. The van der Waals surface area contributed by atoms with Gasteiger partial charge in [-0.2, -0.15) is 0 Å². The molecule has 2 unspecified atom stereocenters. The Balaban J connectivity index is 2.64. The van der Waals surface area contributed by atoms with Gasteiger partial charge in [-0.05, 0) is 57.7 Å². The van der Waals surface area contributed by atoms with Gasteiger partial charge in [0.15, 0.2) is 6.23 Å². The number of ether oxygens (including phenoxy) is 2. The zero-order valence-corrected chi connectivity index (χ0v) is 25.6. The van der Waals surface area contributed by atoms with Gasteiger partial charge in [0.2, 0.25) is 8.32 Å². The van der Waals surface area contributed by atoms with Gasteiger partial charge in [-0.3, -0.25) is 19.2 Å². The molecule has 0 aliphatic carbocycles. The lowest BCUT2D eigenvalue weighted by Crippen LogP contribution is -2.55. The molecule has 2 rings (SSSR count). The van der Waals surface area contributed by atoms with E-state index in [4.69, 9.17) is 13.9 Å². The predicted octanol–water partition coefficient (Wildman–Crippen LogP) is 5.25. The van der Waals surface area contributed by atoms with Gasteiger partial charge in [0, 0.05) is 24.3 Å². The molecule has 1 aliphatic rings. The quantitative estimate of drug-likeness (QED) is 0.296. The van der Waals surface area contributed by atoms with E-state index in [0.29, 0.717) is 28.7 Å². The van der Waals surface area contributed by atoms with Gasteiger partial charge in [-0.1, -0.05) is 48.5 Å². The molecular formula is C27H51N3O5Si. The second kappa shape index (κ2) is 12.5. The summed E-state index contributed by atoms with van der Waals surface area (Å²) in [5.74, 6) is 0. The van der Waals surface area contributed by atoms with E-state index in [9.17, 15) is 9.59 Å². The van der Waals surface area contributed by atoms with Crippen LogP contribution in [0.2, 0.25) is 16.6 Å². The molecule has 1 fully saturated rings. The van der Waals surface area contributed by atoms with E-state index in [1.807, 2.05) is 0 Å². The highest BCUT2D eigenvalue weighted by Crippen LogP contribution is 2.47. The number of rotatable bonds is 12. The summed E-state index contributed by atoms with van der Waals surface area (Å²) in [6.45, 7) is 26.3. The maximum absolute atomic E-state index is 12.9. The van der Waals surface area contributed by atoms with Crippen LogP contribution in [0.15, 0.2) is 21.9 Å². The van der Waals surface area contributed by atoms with Gasteiger partial charge in [0.1, 0.15) is 18.4 Å². The first-order valence-electron chi connectivity index (χ1n) is 13.8. The Morgan fingerprint density at radius 1 is 0.944 bits per heavy atom. The second-order valence-corrected chi connectivity index (χ2v) is 17.1. The molecule has 0 spiro atoms. The Morgan fingerprint density at radius 3 is 1.89 bits per heavy atom. The van der Waals surface area contributed by atoms with E-state index in [-0.39, 0.29) is 18.4 Å². The molecule has 208 valence electrons. The number of nitrogens with one attached hydrogen (secondary N) is 1. The minimum absolute atomic E-state index is 0.169. The van der Waals surface area contributed by atoms with Crippen LogP contribution in [0.1, 0.15) is 95.7 Å². The van der Waals surface area contributed by atoms with Gasteiger partial charge in [-0.15, -0.1) is 0 Å². The van der Waals surface area contributed by atoms with E-state index in [1.165, 1.54) is 16.8 Å². The third-order valence-electron chi connectivity index (χ3n) is 7.83. The average molecular weight is 526 g/mol. The molecule has 1 aromatic heterocycles. The van der Waals surface area contributed by atoms with E-state index in [0.717, 1.165) is 6.42 Å². The first-order valence-corrected chi connectivity index (χ1v) is 15.9. The van der Waals surface area contributed by atoms with Crippen LogP contribution in [0.3, 0.4) is 0 Å². The summed E-state index contributed by atoms with van der Waals surface area (Å²) < 4.78 is 22.1. The Hall–Kier alpha value is -1.26. The number of nitrogens with zero attached hydrogens (tertiary/aromatic N) is 2. The summed E-state index contributed by atoms with van der Waals surface area (Å²) in [6, 6.07) is 1.96. The molecule has 5 atom stereocenters. The molecule has 1 aliphatic heterocycles. The summed E-state index contributed by atoms with van der Waals surface area (Å²) in [4.78, 5) is 29.4. The maximum Gasteiger partial charge on any atom is 0.330 e. The normalized spacial score (nSPS) is 24.3. The van der Waals surface area contributed by atoms with Crippen molar-refractivity contribution >= 4 is 8.32 Å². The van der Waals surface area contributed by atoms with Crippen LogP contribution < -0.4 is 11.2 Å². The molecule has 8 nitrogen and oxygen atoms in total. The van der Waals surface area contributed by atoms with Crippen molar-refractivity contribution in [3.8, 4) is 0 Å². The van der Waals surface area contributed by atoms with Crippen LogP contribution in [0.4, 0.5) is 0 Å². The molecule has 9 heteroatoms. The van der Waals surface area contributed by atoms with E-state index < -0.39 is 31.9 Å². The number of hydrogen-bond acceptors (Lipinski definition) is 6. The highest BCUT2D eigenvalue weighted by atomic mass is 28.4. The smallest absolute Gasteiger partial charge is 0.330 e. The summed E-state index contributed by atoms with van der Waals surface area (Å²) >= 11 is 0. The van der Waals surface area contributed by atoms with Gasteiger partial charge in [0.05, 0.1) is 6.10 Å². The highest BCUT2D eigenvalue weighted by molar-refractivity contribution is 6.77. The topological polar surface area (TPSA) is 85.8 Å². The lowest BCUT2D eigenvalue weighted by molar-refractivity contribution is -0.144. The fraction of sp³-hybridized carbons (Fsp3) is 0.852. The summed E-state index contributed by atoms with van der Waals surface area (Å²) in [5, 5.41) is 0. The van der Waals surface area contributed by atoms with Crippen LogP contribution in [0.25, 0.3) is 0 Å². The molecule has 0 bridgehead atoms. The fourth-order valence-corrected chi connectivity index (χ4v) is 12.1. The molecule has 0 aromatic carbocycles. The standard InChI is InChI=1S/C27H51N3O5Si/c1-13-22-24(33-21(12)30(16(2)3)17(4)5)25(35-36(18(6)7,19(8)9)20(10)11)26(34-22)29-15-14-23(31)28-27(29)32/h14-22,24-26H,13H2,1-12H3,(H,28,31,32)/t21?,22-,24?,25+,26-/m1/s1. The first kappa shape index (κ1) is 31.0. The van der Waals surface area contributed by atoms with Crippen LogP contribution in [-0.2, 0) is 13.9 Å². The molecular weight excluding hydrogens is 474 g/mol. The molecule has 1 aromatic rings. The Bertz CT molecular complexity index is 912. The predicted molar refractivity (Wildman–Crippen MR) is 148 cm³/mol. The van der Waals surface area contributed by atoms with Crippen molar-refractivity contribution < 1.29 is 13.9 Å². The fourth-order valence-electron chi connectivity index (χ4n) is 6.56. The van der Waals surface area contributed by atoms with Gasteiger partial charge in [-0.25, -0.2) is 4.79 Å². The largest absolute Gasteiger partial charge is 0.406 e. The number of aromatic amines is 1. The molecule has 0 radical (unpaired) electrons. The lowest BCUT2D eigenvalue weighted by atomic mass is 10.1. The van der Waals surface area contributed by atoms with Gasteiger partial charge < -0.3 is 13.9 Å². The minimum atomic E-state index is -2.36. The summed E-state index contributed by atoms with van der Waals surface area (Å²) in [6.07, 6.45) is 0.274. The highest BCUT2D eigenvalue weighted by Gasteiger charge is 2.54. The Labute approximate surface area is 218 Å². The summed E-state index contributed by atoms with van der Waals surface area (Å²) in [7, 11) is -2.36. The van der Waals surface area contributed by atoms with Crippen LogP contribution in [0.5, 0.6) is 0 Å². The van der Waals surface area contributed by atoms with Crippen molar-refractivity contribution in [3.63, 3.8) is 0 Å². The molecule has 1 N–H and O–H groups in total. The number of hydrogen-bond donors (Lipinski definition) is 1. The molecule has 0 amide bonds. The molecule has 36 heavy (non-hydrogen) atoms. The van der Waals surface area contributed by atoms with Gasteiger partial charge >= 0.3 is 5.69 Å². The minimum Gasteiger partial charge on any atom is -0.406 e. The summed E-state index contributed by atoms with van der Waals surface area (Å²) in [5.41, 5.74) is 0.132. The zero-order chi connectivity index (χ0) is 27.5. The van der Waals surface area contributed by atoms with E-state index >= 15 is 0 Å². The SMILES string of the molecule is CC[C@H]1O[C@@H](n2ccc(=O)[nH]c2=O)[C@@H](O[Si](C(C)C)(C(C)C)C(C)C)C1OC(C)N(C(C)C)C(C)C.